The summed E-state index contributed by atoms with van der Waals surface area (Å²) in [5, 5.41) is 10.0. The van der Waals surface area contributed by atoms with E-state index in [0.29, 0.717) is 23.1 Å². The third kappa shape index (κ3) is 21.0. The number of hydrogen-bond donors (Lipinski definition) is 4. The monoisotopic (exact) mass is 852 g/mol. The quantitative estimate of drug-likeness (QED) is 0.0856. The molecule has 0 bridgehead atoms. The molecule has 3 unspecified atom stereocenters. The van der Waals surface area contributed by atoms with Crippen LogP contribution in [0.15, 0.2) is 130 Å². The van der Waals surface area contributed by atoms with Crippen molar-refractivity contribution in [1.82, 2.24) is 0 Å². The Morgan fingerprint density at radius 2 is 0.982 bits per heavy atom. The molecular formula is C40H58Na4O10P2. The summed E-state index contributed by atoms with van der Waals surface area (Å²) in [6, 6.07) is 0. The first-order valence-electron chi connectivity index (χ1n) is 16.9. The maximum absolute atomic E-state index is 12.9. The third-order valence-electron chi connectivity index (χ3n) is 8.76. The van der Waals surface area contributed by atoms with Gasteiger partial charge >= 0.3 is 134 Å². The summed E-state index contributed by atoms with van der Waals surface area (Å²) in [4.78, 5) is 52.6. The second-order valence-electron chi connectivity index (χ2n) is 14.5. The minimum absolute atomic E-state index is 0. The fraction of sp³-hybridized carbons (Fsp3) is 0.400. The van der Waals surface area contributed by atoms with Gasteiger partial charge in [0.2, 0.25) is 0 Å². The Balaban J connectivity index is -0.00000702. The number of allylic oxidation sites excluding steroid dienone is 20. The summed E-state index contributed by atoms with van der Waals surface area (Å²) < 4.78 is 31.8. The molecular weight excluding hydrogens is 794 g/mol. The molecule has 0 fully saturated rings. The fourth-order valence-corrected chi connectivity index (χ4v) is 7.72. The third-order valence-corrected chi connectivity index (χ3v) is 11.0. The Labute approximate surface area is 422 Å². The molecule has 0 spiro atoms. The first kappa shape index (κ1) is 61.0. The molecule has 56 heavy (non-hydrogen) atoms. The number of ketones is 2. The van der Waals surface area contributed by atoms with Crippen molar-refractivity contribution in [2.45, 2.75) is 94.3 Å². The van der Waals surface area contributed by atoms with Gasteiger partial charge in [-0.05, 0) is 87.5 Å². The molecule has 0 aromatic heterocycles. The number of carbonyl (C=O) groups excluding carboxylic acids is 2. The molecule has 0 radical (unpaired) electrons. The minimum atomic E-state index is -5.31. The summed E-state index contributed by atoms with van der Waals surface area (Å²) in [7, 11) is -10.5. The summed E-state index contributed by atoms with van der Waals surface area (Å²) in [6.07, 6.45) is 25.5. The van der Waals surface area contributed by atoms with Gasteiger partial charge in [-0.25, -0.2) is 9.13 Å². The molecule has 0 aromatic rings. The Hall–Kier alpha value is 0.700. The second kappa shape index (κ2) is 26.9. The number of phosphoric ester groups is 1. The van der Waals surface area contributed by atoms with E-state index in [0.717, 1.165) is 27.9 Å². The van der Waals surface area contributed by atoms with Crippen LogP contribution in [-0.4, -0.2) is 162 Å². The Morgan fingerprint density at radius 3 is 1.39 bits per heavy atom. The molecule has 0 amide bonds. The molecule has 0 aliphatic heterocycles. The summed E-state index contributed by atoms with van der Waals surface area (Å²) >= 11 is 0. The van der Waals surface area contributed by atoms with Crippen LogP contribution in [0.4, 0.5) is 0 Å². The summed E-state index contributed by atoms with van der Waals surface area (Å²) in [5.74, 6) is -0.764. The fourth-order valence-electron chi connectivity index (χ4n) is 5.99. The van der Waals surface area contributed by atoms with Gasteiger partial charge in [-0.1, -0.05) is 135 Å². The Kier molecular flexibility index (Phi) is 29.3. The molecule has 0 saturated heterocycles. The Morgan fingerprint density at radius 1 is 0.625 bits per heavy atom. The molecule has 2 aliphatic rings. The van der Waals surface area contributed by atoms with Crippen LogP contribution in [0.1, 0.15) is 82.1 Å². The van der Waals surface area contributed by atoms with Crippen LogP contribution in [0.5, 0.6) is 0 Å². The van der Waals surface area contributed by atoms with Crippen molar-refractivity contribution in [3.63, 3.8) is 0 Å². The maximum atomic E-state index is 12.9. The molecule has 16 heteroatoms. The average Bonchev–Trinajstić information content (AvgIpc) is 2.98. The van der Waals surface area contributed by atoms with E-state index in [9.17, 15) is 28.7 Å². The zero-order chi connectivity index (χ0) is 39.7. The number of aliphatic hydroxyl groups is 1. The van der Waals surface area contributed by atoms with Crippen molar-refractivity contribution in [3.8, 4) is 0 Å². The molecule has 0 aromatic carbocycles. The molecule has 2 rings (SSSR count). The molecule has 292 valence electrons. The van der Waals surface area contributed by atoms with E-state index in [2.05, 4.69) is 4.31 Å². The van der Waals surface area contributed by atoms with Gasteiger partial charge in [0.25, 0.3) is 0 Å². The zero-order valence-electron chi connectivity index (χ0n) is 31.8. The van der Waals surface area contributed by atoms with Crippen molar-refractivity contribution in [3.05, 3.63) is 130 Å². The molecule has 0 heterocycles. The number of phosphoric acid groups is 2. The van der Waals surface area contributed by atoms with E-state index in [4.69, 9.17) is 14.3 Å². The molecule has 3 atom stereocenters. The zero-order valence-corrected chi connectivity index (χ0v) is 33.6. The molecule has 2 aliphatic carbocycles. The van der Waals surface area contributed by atoms with Gasteiger partial charge in [-0.15, -0.1) is 0 Å². The number of hydrogen-bond acceptors (Lipinski definition) is 7. The van der Waals surface area contributed by atoms with Gasteiger partial charge in [-0.2, -0.15) is 4.31 Å². The summed E-state index contributed by atoms with van der Waals surface area (Å²) in [5.41, 5.74) is 5.74. The van der Waals surface area contributed by atoms with Crippen LogP contribution in [-0.2, 0) is 27.6 Å². The molecule has 4 N–H and O–H groups in total. The number of carbonyl (C=O) groups is 2. The summed E-state index contributed by atoms with van der Waals surface area (Å²) in [6.45, 7) is 19.0. The molecule has 0 saturated carbocycles. The standard InChI is InChI=1S/C40H54O10P2.4Na.4H/c1-27(17-13-19-29(3)21-23-33-31(5)37(42)35(41)25-39(33,7)8)15-11-12-16-28(2)18-14-20-30(4)22-24-34-32(6)38(43)36(26-40(34,9)10)49-52(47,48)50-51(44,45)46;;;;;;;;/h11-24,35-36,41H,25-26H2,1-10H3,(H,47,48)(H2,44,45,46);;;;;;;;/b12-11+,17-13+,18-14+,23-21+,24-22+,27-15+,28-16+,29-19+,30-20+;;;;;;;;. The van der Waals surface area contributed by atoms with Crippen LogP contribution in [0.3, 0.4) is 0 Å². The van der Waals surface area contributed by atoms with Crippen LogP contribution >= 0.6 is 15.6 Å². The van der Waals surface area contributed by atoms with Gasteiger partial charge < -0.3 is 19.8 Å². The van der Waals surface area contributed by atoms with E-state index >= 15 is 0 Å². The predicted molar refractivity (Wildman–Crippen MR) is 235 cm³/mol. The topological polar surface area (TPSA) is 168 Å². The van der Waals surface area contributed by atoms with Gasteiger partial charge in [-0.3, -0.25) is 14.1 Å². The van der Waals surface area contributed by atoms with E-state index < -0.39 is 39.1 Å². The number of aliphatic hydroxyl groups excluding tert-OH is 1. The average molecular weight is 853 g/mol. The van der Waals surface area contributed by atoms with E-state index in [1.807, 2.05) is 140 Å². The number of rotatable bonds is 14. The van der Waals surface area contributed by atoms with Gasteiger partial charge in [0.15, 0.2) is 11.6 Å². The first-order chi connectivity index (χ1) is 23.8. The van der Waals surface area contributed by atoms with E-state index in [1.54, 1.807) is 13.8 Å². The SMILES string of the molecule is CC1=C(/C=C/C(C)=C/C=C/C(C)=C/C=C/C=C(C)/C=C/C=C(C)/C=C/C2=C(C)C(=O)C(OP(=O)(O)OP(=O)(O)O)CC2(C)C)C(C)(C)CC(O)C1=O.[NaH].[NaH].[NaH].[NaH]. The molecule has 10 nitrogen and oxygen atoms in total. The van der Waals surface area contributed by atoms with Crippen LogP contribution in [0.25, 0.3) is 0 Å². The van der Waals surface area contributed by atoms with Gasteiger partial charge in [0.05, 0.1) is 0 Å². The normalized spacial score (nSPS) is 22.5. The van der Waals surface area contributed by atoms with Crippen molar-refractivity contribution >= 4 is 145 Å². The number of Topliss-reactive ketones (excluding diaryl/α,β-unsaturated/α-hetero) is 2. The van der Waals surface area contributed by atoms with Crippen molar-refractivity contribution in [1.29, 1.82) is 0 Å². The Bertz CT molecular complexity index is 1850. The van der Waals surface area contributed by atoms with Crippen molar-refractivity contribution < 1.29 is 47.3 Å². The van der Waals surface area contributed by atoms with Crippen LogP contribution in [0.2, 0.25) is 0 Å². The first-order valence-corrected chi connectivity index (χ1v) is 19.9. The second-order valence-corrected chi connectivity index (χ2v) is 17.3. The van der Waals surface area contributed by atoms with Crippen LogP contribution in [0, 0.1) is 10.8 Å². The van der Waals surface area contributed by atoms with E-state index in [-0.39, 0.29) is 136 Å². The van der Waals surface area contributed by atoms with Crippen LogP contribution < -0.4 is 0 Å². The van der Waals surface area contributed by atoms with Gasteiger partial charge in [0, 0.05) is 0 Å². The van der Waals surface area contributed by atoms with Crippen molar-refractivity contribution in [2.75, 3.05) is 0 Å². The van der Waals surface area contributed by atoms with Gasteiger partial charge in [0.1, 0.15) is 12.2 Å². The predicted octanol–water partition coefficient (Wildman–Crippen LogP) is 6.55. The van der Waals surface area contributed by atoms with E-state index in [1.165, 1.54) is 0 Å². The van der Waals surface area contributed by atoms with Crippen molar-refractivity contribution in [2.24, 2.45) is 10.8 Å².